The Hall–Kier alpha value is -0.510. The molecular weight excluding hydrogens is 179 g/mol. The van der Waals surface area contributed by atoms with E-state index in [1.807, 2.05) is 0 Å². The molecule has 1 atom stereocenters. The number of dihydropyridines is 1. The number of alkyl halides is 3. The third kappa shape index (κ3) is 2.22. The zero-order valence-corrected chi connectivity index (χ0v) is 6.15. The zero-order chi connectivity index (χ0) is 8.48. The molecule has 1 nitrogen and oxygen atoms in total. The molecule has 0 spiro atoms. The van der Waals surface area contributed by atoms with Crippen LogP contribution in [-0.4, -0.2) is 18.4 Å². The maximum absolute atomic E-state index is 11.9. The number of hydrogen-bond acceptors (Lipinski definition) is 1. The minimum Gasteiger partial charge on any atom is -0.280 e. The maximum atomic E-state index is 11.9. The summed E-state index contributed by atoms with van der Waals surface area (Å²) < 4.78 is 35.7. The Bertz CT molecular complexity index is 206. The second-order valence-electron chi connectivity index (χ2n) is 2.17. The van der Waals surface area contributed by atoms with Gasteiger partial charge in [0.15, 0.2) is 6.04 Å². The summed E-state index contributed by atoms with van der Waals surface area (Å²) in [6.07, 6.45) is -2.06. The van der Waals surface area contributed by atoms with E-state index in [9.17, 15) is 13.2 Å². The summed E-state index contributed by atoms with van der Waals surface area (Å²) >= 11 is 5.39. The minimum absolute atomic E-state index is 0.197. The molecule has 1 aliphatic heterocycles. The van der Waals surface area contributed by atoms with Crippen molar-refractivity contribution in [1.29, 1.82) is 0 Å². The van der Waals surface area contributed by atoms with Crippen LogP contribution in [0.5, 0.6) is 0 Å². The van der Waals surface area contributed by atoms with Gasteiger partial charge in [-0.1, -0.05) is 11.6 Å². The van der Waals surface area contributed by atoms with Crippen molar-refractivity contribution in [3.63, 3.8) is 0 Å². The summed E-state index contributed by atoms with van der Waals surface area (Å²) in [7, 11) is 0. The molecule has 0 fully saturated rings. The normalized spacial score (nSPS) is 25.1. The van der Waals surface area contributed by atoms with Crippen LogP contribution < -0.4 is 0 Å². The van der Waals surface area contributed by atoms with Crippen LogP contribution in [0.25, 0.3) is 0 Å². The Morgan fingerprint density at radius 1 is 1.55 bits per heavy atom. The van der Waals surface area contributed by atoms with E-state index in [1.165, 1.54) is 6.08 Å². The van der Waals surface area contributed by atoms with Gasteiger partial charge < -0.3 is 0 Å². The lowest BCUT2D eigenvalue weighted by Gasteiger charge is -2.17. The summed E-state index contributed by atoms with van der Waals surface area (Å²) in [5, 5.41) is 0.197. The summed E-state index contributed by atoms with van der Waals surface area (Å²) in [5.41, 5.74) is 0. The lowest BCUT2D eigenvalue weighted by Crippen LogP contribution is -2.28. The highest BCUT2D eigenvalue weighted by Crippen LogP contribution is 2.30. The van der Waals surface area contributed by atoms with Crippen LogP contribution in [0.3, 0.4) is 0 Å². The van der Waals surface area contributed by atoms with Gasteiger partial charge >= 0.3 is 6.18 Å². The van der Waals surface area contributed by atoms with E-state index in [1.54, 1.807) is 0 Å². The van der Waals surface area contributed by atoms with Gasteiger partial charge in [-0.3, -0.25) is 4.99 Å². The van der Waals surface area contributed by atoms with Gasteiger partial charge in [0.05, 0.1) is 0 Å². The SMILES string of the molecule is FC(F)(F)C1CC(Cl)=CC=N1. The predicted molar refractivity (Wildman–Crippen MR) is 36.9 cm³/mol. The van der Waals surface area contributed by atoms with Gasteiger partial charge in [-0.25, -0.2) is 0 Å². The minimum atomic E-state index is -4.27. The van der Waals surface area contributed by atoms with Crippen LogP contribution in [0.1, 0.15) is 6.42 Å². The average molecular weight is 184 g/mol. The average Bonchev–Trinajstić information content (AvgIpc) is 1.86. The molecule has 1 heterocycles. The van der Waals surface area contributed by atoms with E-state index >= 15 is 0 Å². The first-order chi connectivity index (χ1) is 5.00. The maximum Gasteiger partial charge on any atom is 0.411 e. The zero-order valence-electron chi connectivity index (χ0n) is 5.40. The van der Waals surface area contributed by atoms with Crippen molar-refractivity contribution >= 4 is 17.8 Å². The number of allylic oxidation sites excluding steroid dienone is 1. The molecule has 0 N–H and O–H groups in total. The van der Waals surface area contributed by atoms with Crippen LogP contribution in [-0.2, 0) is 0 Å². The van der Waals surface area contributed by atoms with Crippen molar-refractivity contribution in [1.82, 2.24) is 0 Å². The van der Waals surface area contributed by atoms with Crippen molar-refractivity contribution < 1.29 is 13.2 Å². The van der Waals surface area contributed by atoms with Crippen molar-refractivity contribution in [2.45, 2.75) is 18.6 Å². The van der Waals surface area contributed by atoms with E-state index in [0.29, 0.717) is 0 Å². The van der Waals surface area contributed by atoms with Crippen molar-refractivity contribution in [3.8, 4) is 0 Å². The van der Waals surface area contributed by atoms with Crippen LogP contribution in [0.15, 0.2) is 16.1 Å². The van der Waals surface area contributed by atoms with Crippen LogP contribution in [0.4, 0.5) is 13.2 Å². The Kier molecular flexibility index (Phi) is 2.23. The molecule has 0 amide bonds. The predicted octanol–water partition coefficient (Wildman–Crippen LogP) is 2.51. The molecule has 11 heavy (non-hydrogen) atoms. The Balaban J connectivity index is 2.67. The van der Waals surface area contributed by atoms with Gasteiger partial charge in [-0.2, -0.15) is 13.2 Å². The molecule has 0 saturated carbocycles. The highest BCUT2D eigenvalue weighted by molar-refractivity contribution is 6.30. The van der Waals surface area contributed by atoms with E-state index in [0.717, 1.165) is 6.21 Å². The molecule has 5 heteroatoms. The lowest BCUT2D eigenvalue weighted by molar-refractivity contribution is -0.146. The van der Waals surface area contributed by atoms with E-state index in [4.69, 9.17) is 11.6 Å². The molecule has 0 aliphatic carbocycles. The van der Waals surface area contributed by atoms with Gasteiger partial charge in [0.25, 0.3) is 0 Å². The van der Waals surface area contributed by atoms with Crippen molar-refractivity contribution in [3.05, 3.63) is 11.1 Å². The monoisotopic (exact) mass is 183 g/mol. The fourth-order valence-corrected chi connectivity index (χ4v) is 0.936. The van der Waals surface area contributed by atoms with Crippen molar-refractivity contribution in [2.24, 2.45) is 4.99 Å². The van der Waals surface area contributed by atoms with Crippen LogP contribution >= 0.6 is 11.6 Å². The Morgan fingerprint density at radius 3 is 2.55 bits per heavy atom. The fraction of sp³-hybridized carbons (Fsp3) is 0.500. The van der Waals surface area contributed by atoms with Gasteiger partial charge in [-0.05, 0) is 6.08 Å². The van der Waals surface area contributed by atoms with Gasteiger partial charge in [0.1, 0.15) is 0 Å². The molecular formula is C6H5ClF3N. The van der Waals surface area contributed by atoms with Gasteiger partial charge in [-0.15, -0.1) is 0 Å². The Labute approximate surface area is 66.6 Å². The first-order valence-corrected chi connectivity index (χ1v) is 3.32. The largest absolute Gasteiger partial charge is 0.411 e. The summed E-state index contributed by atoms with van der Waals surface area (Å²) in [6, 6.07) is -1.65. The molecule has 0 aromatic heterocycles. The summed E-state index contributed by atoms with van der Waals surface area (Å²) in [4.78, 5) is 3.24. The van der Waals surface area contributed by atoms with E-state index in [2.05, 4.69) is 4.99 Å². The molecule has 0 radical (unpaired) electrons. The molecule has 0 bridgehead atoms. The van der Waals surface area contributed by atoms with Crippen LogP contribution in [0.2, 0.25) is 0 Å². The topological polar surface area (TPSA) is 12.4 Å². The quantitative estimate of drug-likeness (QED) is 0.547. The highest BCUT2D eigenvalue weighted by Gasteiger charge is 2.40. The molecule has 1 unspecified atom stereocenters. The third-order valence-corrected chi connectivity index (χ3v) is 1.57. The molecule has 1 rings (SSSR count). The number of halogens is 4. The van der Waals surface area contributed by atoms with E-state index in [-0.39, 0.29) is 11.5 Å². The standard InChI is InChI=1S/C6H5ClF3N/c7-4-1-2-11-5(3-4)6(8,9)10/h1-2,5H,3H2. The van der Waals surface area contributed by atoms with Gasteiger partial charge in [0, 0.05) is 17.7 Å². The Morgan fingerprint density at radius 2 is 2.18 bits per heavy atom. The first kappa shape index (κ1) is 8.59. The second kappa shape index (κ2) is 2.85. The van der Waals surface area contributed by atoms with Gasteiger partial charge in [0.2, 0.25) is 0 Å². The number of rotatable bonds is 0. The van der Waals surface area contributed by atoms with E-state index < -0.39 is 12.2 Å². The molecule has 0 aromatic rings. The number of aliphatic imine (C=N–C) groups is 1. The lowest BCUT2D eigenvalue weighted by atomic mass is 10.1. The van der Waals surface area contributed by atoms with Crippen LogP contribution in [0, 0.1) is 0 Å². The molecule has 0 saturated heterocycles. The third-order valence-electron chi connectivity index (χ3n) is 1.29. The smallest absolute Gasteiger partial charge is 0.280 e. The molecule has 0 aromatic carbocycles. The summed E-state index contributed by atoms with van der Waals surface area (Å²) in [5.74, 6) is 0. The highest BCUT2D eigenvalue weighted by atomic mass is 35.5. The number of hydrogen-bond donors (Lipinski definition) is 0. The second-order valence-corrected chi connectivity index (χ2v) is 2.66. The van der Waals surface area contributed by atoms with Crippen molar-refractivity contribution in [2.75, 3.05) is 0 Å². The molecule has 62 valence electrons. The fourth-order valence-electron chi connectivity index (χ4n) is 0.733. The number of nitrogens with zero attached hydrogens (tertiary/aromatic N) is 1. The molecule has 1 aliphatic rings. The first-order valence-electron chi connectivity index (χ1n) is 2.94. The summed E-state index contributed by atoms with van der Waals surface area (Å²) in [6.45, 7) is 0.